The summed E-state index contributed by atoms with van der Waals surface area (Å²) in [5.41, 5.74) is 1.56. The van der Waals surface area contributed by atoms with Crippen LogP contribution in [-0.2, 0) is 0 Å². The normalized spacial score (nSPS) is 22.4. The summed E-state index contributed by atoms with van der Waals surface area (Å²) in [7, 11) is 0. The Labute approximate surface area is 86.3 Å². The minimum absolute atomic E-state index is 0.297. The van der Waals surface area contributed by atoms with Gasteiger partial charge in [0.15, 0.2) is 6.21 Å². The van der Waals surface area contributed by atoms with E-state index in [1.54, 1.807) is 17.0 Å². The molecule has 0 aromatic rings. The molecule has 0 bridgehead atoms. The number of nitrogens with zero attached hydrogens (tertiary/aromatic N) is 2. The van der Waals surface area contributed by atoms with E-state index in [1.165, 1.54) is 18.5 Å². The van der Waals surface area contributed by atoms with E-state index in [-0.39, 0.29) is 5.83 Å². The second-order valence-electron chi connectivity index (χ2n) is 3.15. The first-order chi connectivity index (χ1) is 7.18. The van der Waals surface area contributed by atoms with Gasteiger partial charge >= 0.3 is 0 Å². The molecule has 76 valence electrons. The molecular formula is C10H10FN4+. The molecule has 2 aliphatic rings. The lowest BCUT2D eigenvalue weighted by Gasteiger charge is -2.10. The van der Waals surface area contributed by atoms with Crippen molar-refractivity contribution in [3.05, 3.63) is 35.6 Å². The van der Waals surface area contributed by atoms with E-state index in [9.17, 15) is 4.39 Å². The molecule has 0 unspecified atom stereocenters. The predicted octanol–water partition coefficient (Wildman–Crippen LogP) is 1.29. The van der Waals surface area contributed by atoms with Crippen molar-refractivity contribution in [2.24, 2.45) is 4.99 Å². The van der Waals surface area contributed by atoms with Crippen molar-refractivity contribution in [1.29, 1.82) is 5.41 Å². The fourth-order valence-corrected chi connectivity index (χ4v) is 1.32. The first-order valence-corrected chi connectivity index (χ1v) is 4.44. The van der Waals surface area contributed by atoms with E-state index < -0.39 is 0 Å². The highest BCUT2D eigenvalue weighted by atomic mass is 19.1. The van der Waals surface area contributed by atoms with Crippen molar-refractivity contribution in [3.63, 3.8) is 0 Å². The topological polar surface area (TPSA) is 51.2 Å². The number of dihydropyridines is 1. The van der Waals surface area contributed by atoms with Gasteiger partial charge < -0.3 is 5.32 Å². The van der Waals surface area contributed by atoms with Gasteiger partial charge in [-0.2, -0.15) is 9.98 Å². The Hall–Kier alpha value is -2.04. The van der Waals surface area contributed by atoms with Gasteiger partial charge in [0.1, 0.15) is 11.5 Å². The molecular weight excluding hydrogens is 195 g/mol. The largest absolute Gasteiger partial charge is 0.357 e. The Morgan fingerprint density at radius 2 is 2.33 bits per heavy atom. The van der Waals surface area contributed by atoms with Crippen LogP contribution in [0.1, 0.15) is 6.92 Å². The van der Waals surface area contributed by atoms with Gasteiger partial charge in [0, 0.05) is 6.20 Å². The van der Waals surface area contributed by atoms with Gasteiger partial charge in [-0.3, -0.25) is 0 Å². The third-order valence-electron chi connectivity index (χ3n) is 2.16. The van der Waals surface area contributed by atoms with Crippen LogP contribution in [0.3, 0.4) is 0 Å². The standard InChI is InChI=1S/C10H10FN4/c1-7(15-6-13-5-10(15)12)9-3-2-8(11)4-14-9/h2-6,12,14H,1H3/q+1/b9-7-,12-10?. The number of nitrogens with one attached hydrogen (secondary N) is 2. The molecule has 0 saturated carbocycles. The van der Waals surface area contributed by atoms with Crippen LogP contribution in [0.5, 0.6) is 0 Å². The maximum absolute atomic E-state index is 12.7. The number of allylic oxidation sites excluding steroid dienone is 4. The van der Waals surface area contributed by atoms with Gasteiger partial charge in [0.05, 0.1) is 5.70 Å². The molecule has 0 amide bonds. The molecule has 4 nitrogen and oxygen atoms in total. The Morgan fingerprint density at radius 1 is 1.53 bits per heavy atom. The van der Waals surface area contributed by atoms with E-state index in [0.29, 0.717) is 5.84 Å². The average Bonchev–Trinajstić information content (AvgIpc) is 2.65. The number of hydrogen-bond acceptors (Lipinski definition) is 3. The Morgan fingerprint density at radius 3 is 2.87 bits per heavy atom. The van der Waals surface area contributed by atoms with Gasteiger partial charge in [-0.15, -0.1) is 4.99 Å². The third kappa shape index (κ3) is 1.76. The molecule has 0 spiro atoms. The third-order valence-corrected chi connectivity index (χ3v) is 2.16. The van der Waals surface area contributed by atoms with E-state index in [1.807, 2.05) is 6.92 Å². The maximum atomic E-state index is 12.7. The summed E-state index contributed by atoms with van der Waals surface area (Å²) in [6, 6.07) is 0. The Balaban J connectivity index is 2.29. The summed E-state index contributed by atoms with van der Waals surface area (Å²) in [5, 5.41) is 10.4. The molecule has 2 rings (SSSR count). The zero-order chi connectivity index (χ0) is 10.8. The first kappa shape index (κ1) is 9.51. The molecule has 5 heteroatoms. The zero-order valence-electron chi connectivity index (χ0n) is 8.16. The lowest BCUT2D eigenvalue weighted by molar-refractivity contribution is -0.339. The lowest BCUT2D eigenvalue weighted by Crippen LogP contribution is -2.20. The minimum atomic E-state index is -0.316. The molecule has 0 fully saturated rings. The van der Waals surface area contributed by atoms with Gasteiger partial charge in [-0.05, 0) is 19.1 Å². The Bertz CT molecular complexity index is 466. The summed E-state index contributed by atoms with van der Waals surface area (Å²) < 4.78 is 14.3. The monoisotopic (exact) mass is 205 g/mol. The molecule has 15 heavy (non-hydrogen) atoms. The van der Waals surface area contributed by atoms with Gasteiger partial charge in [-0.25, -0.2) is 4.39 Å². The van der Waals surface area contributed by atoms with Gasteiger partial charge in [0.2, 0.25) is 6.34 Å². The van der Waals surface area contributed by atoms with Crippen LogP contribution >= 0.6 is 0 Å². The van der Waals surface area contributed by atoms with Crippen molar-refractivity contribution >= 4 is 18.4 Å². The number of hydrogen-bond donors (Lipinski definition) is 2. The fraction of sp³-hybridized carbons (Fsp3) is 0.100. The van der Waals surface area contributed by atoms with Crippen LogP contribution in [0.2, 0.25) is 0 Å². The highest BCUT2D eigenvalue weighted by Gasteiger charge is 2.18. The van der Waals surface area contributed by atoms with Crippen LogP contribution in [0.25, 0.3) is 0 Å². The summed E-state index contributed by atoms with van der Waals surface area (Å²) in [6.45, 7) is 1.84. The SMILES string of the molecule is C/C(=C1\C=CC(F)=CN1)[N+]1=CN=CC1=N. The number of rotatable bonds is 1. The van der Waals surface area contributed by atoms with Crippen LogP contribution < -0.4 is 5.32 Å². The van der Waals surface area contributed by atoms with Crippen LogP contribution in [0, 0.1) is 5.41 Å². The van der Waals surface area contributed by atoms with Crippen LogP contribution in [0.15, 0.2) is 40.6 Å². The maximum Gasteiger partial charge on any atom is 0.294 e. The second kappa shape index (κ2) is 3.61. The minimum Gasteiger partial charge on any atom is -0.357 e. The smallest absolute Gasteiger partial charge is 0.294 e. The van der Waals surface area contributed by atoms with Gasteiger partial charge in [0.25, 0.3) is 5.84 Å². The lowest BCUT2D eigenvalue weighted by atomic mass is 10.2. The van der Waals surface area contributed by atoms with Crippen LogP contribution in [0.4, 0.5) is 4.39 Å². The van der Waals surface area contributed by atoms with Gasteiger partial charge in [-0.1, -0.05) is 0 Å². The zero-order valence-corrected chi connectivity index (χ0v) is 8.16. The summed E-state index contributed by atoms with van der Waals surface area (Å²) in [6.07, 6.45) is 7.28. The molecule has 0 aromatic carbocycles. The molecule has 0 radical (unpaired) electrons. The number of amidine groups is 1. The molecule has 2 heterocycles. The molecule has 2 aliphatic heterocycles. The van der Waals surface area contributed by atoms with E-state index in [0.717, 1.165) is 11.4 Å². The molecule has 0 aliphatic carbocycles. The summed E-state index contributed by atoms with van der Waals surface area (Å²) in [5.74, 6) is -0.0199. The molecule has 0 saturated heterocycles. The van der Waals surface area contributed by atoms with E-state index in [4.69, 9.17) is 5.41 Å². The van der Waals surface area contributed by atoms with Crippen molar-refractivity contribution < 1.29 is 8.97 Å². The average molecular weight is 205 g/mol. The van der Waals surface area contributed by atoms with Crippen molar-refractivity contribution in [1.82, 2.24) is 5.32 Å². The first-order valence-electron chi connectivity index (χ1n) is 4.44. The number of aliphatic imine (C=N–C) groups is 1. The predicted molar refractivity (Wildman–Crippen MR) is 56.7 cm³/mol. The second-order valence-corrected chi connectivity index (χ2v) is 3.15. The van der Waals surface area contributed by atoms with Crippen molar-refractivity contribution in [2.75, 3.05) is 0 Å². The van der Waals surface area contributed by atoms with Crippen LogP contribution in [-0.4, -0.2) is 23.0 Å². The molecule has 2 N–H and O–H groups in total. The van der Waals surface area contributed by atoms with Crippen molar-refractivity contribution in [3.8, 4) is 0 Å². The van der Waals surface area contributed by atoms with Crippen molar-refractivity contribution in [2.45, 2.75) is 6.92 Å². The highest BCUT2D eigenvalue weighted by molar-refractivity contribution is 6.27. The molecule has 0 atom stereocenters. The Kier molecular flexibility index (Phi) is 2.29. The summed E-state index contributed by atoms with van der Waals surface area (Å²) >= 11 is 0. The fourth-order valence-electron chi connectivity index (χ4n) is 1.32. The van der Waals surface area contributed by atoms with E-state index >= 15 is 0 Å². The summed E-state index contributed by atoms with van der Waals surface area (Å²) in [4.78, 5) is 3.85. The quantitative estimate of drug-likeness (QED) is 0.623. The van der Waals surface area contributed by atoms with E-state index in [2.05, 4.69) is 10.3 Å². The molecule has 0 aromatic heterocycles. The highest BCUT2D eigenvalue weighted by Crippen LogP contribution is 2.12. The number of halogens is 1.